The van der Waals surface area contributed by atoms with E-state index in [-0.39, 0.29) is 0 Å². The maximum absolute atomic E-state index is 10.0. The van der Waals surface area contributed by atoms with Gasteiger partial charge in [0.1, 0.15) is 5.60 Å². The number of benzene rings is 1. The summed E-state index contributed by atoms with van der Waals surface area (Å²) in [5.74, 6) is 0.554. The molecule has 1 fully saturated rings. The fraction of sp³-hybridized carbons (Fsp3) is 0.500. The third-order valence-corrected chi connectivity index (χ3v) is 2.95. The molecule has 76 valence electrons. The highest BCUT2D eigenvalue weighted by molar-refractivity contribution is 5.30. The summed E-state index contributed by atoms with van der Waals surface area (Å²) in [7, 11) is 0. The Morgan fingerprint density at radius 3 is 2.14 bits per heavy atom. The van der Waals surface area contributed by atoms with E-state index in [9.17, 15) is 5.11 Å². The normalized spacial score (nSPS) is 19.4. The van der Waals surface area contributed by atoms with Crippen molar-refractivity contribution >= 4 is 0 Å². The van der Waals surface area contributed by atoms with Crippen molar-refractivity contribution in [3.05, 3.63) is 35.4 Å². The topological polar surface area (TPSA) is 32.3 Å². The molecule has 1 aliphatic rings. The van der Waals surface area contributed by atoms with Crippen LogP contribution in [0.3, 0.4) is 0 Å². The van der Waals surface area contributed by atoms with Gasteiger partial charge in [0, 0.05) is 13.1 Å². The molecule has 2 nitrogen and oxygen atoms in total. The van der Waals surface area contributed by atoms with E-state index >= 15 is 0 Å². The SMILES string of the molecule is CC(C)c1ccc(C2(O)CNC2)cc1. The lowest BCUT2D eigenvalue weighted by Crippen LogP contribution is -2.56. The van der Waals surface area contributed by atoms with Crippen molar-refractivity contribution in [2.24, 2.45) is 0 Å². The summed E-state index contributed by atoms with van der Waals surface area (Å²) >= 11 is 0. The summed E-state index contributed by atoms with van der Waals surface area (Å²) in [5.41, 5.74) is 1.74. The highest BCUT2D eigenvalue weighted by Crippen LogP contribution is 2.26. The molecular weight excluding hydrogens is 174 g/mol. The zero-order valence-corrected chi connectivity index (χ0v) is 8.75. The van der Waals surface area contributed by atoms with Crippen molar-refractivity contribution in [2.75, 3.05) is 13.1 Å². The number of nitrogens with one attached hydrogen (secondary N) is 1. The standard InChI is InChI=1S/C12H17NO/c1-9(2)10-3-5-11(6-4-10)12(14)7-13-8-12/h3-6,9,13-14H,7-8H2,1-2H3. The Morgan fingerprint density at radius 1 is 1.21 bits per heavy atom. The predicted octanol–water partition coefficient (Wildman–Crippen LogP) is 1.60. The van der Waals surface area contributed by atoms with E-state index in [4.69, 9.17) is 0 Å². The molecule has 0 bridgehead atoms. The van der Waals surface area contributed by atoms with Gasteiger partial charge in [-0.1, -0.05) is 38.1 Å². The van der Waals surface area contributed by atoms with E-state index in [0.717, 1.165) is 5.56 Å². The quantitative estimate of drug-likeness (QED) is 0.744. The minimum absolute atomic E-state index is 0.554. The first kappa shape index (κ1) is 9.69. The molecular formula is C12H17NO. The molecule has 2 heteroatoms. The van der Waals surface area contributed by atoms with Crippen molar-refractivity contribution in [3.63, 3.8) is 0 Å². The van der Waals surface area contributed by atoms with Crippen LogP contribution >= 0.6 is 0 Å². The molecule has 0 aromatic heterocycles. The lowest BCUT2D eigenvalue weighted by Gasteiger charge is -2.38. The molecule has 0 spiro atoms. The van der Waals surface area contributed by atoms with Crippen molar-refractivity contribution in [2.45, 2.75) is 25.4 Å². The molecule has 1 saturated heterocycles. The summed E-state index contributed by atoms with van der Waals surface area (Å²) in [5, 5.41) is 13.1. The predicted molar refractivity (Wildman–Crippen MR) is 57.3 cm³/mol. The maximum atomic E-state index is 10.0. The minimum Gasteiger partial charge on any atom is -0.382 e. The van der Waals surface area contributed by atoms with Crippen LogP contribution < -0.4 is 5.32 Å². The largest absolute Gasteiger partial charge is 0.382 e. The van der Waals surface area contributed by atoms with Gasteiger partial charge in [-0.3, -0.25) is 0 Å². The van der Waals surface area contributed by atoms with Crippen LogP contribution in [-0.4, -0.2) is 18.2 Å². The first-order chi connectivity index (χ1) is 6.62. The molecule has 2 rings (SSSR count). The highest BCUT2D eigenvalue weighted by Gasteiger charge is 2.35. The third-order valence-electron chi connectivity index (χ3n) is 2.95. The molecule has 1 aromatic carbocycles. The smallest absolute Gasteiger partial charge is 0.114 e. The Balaban J connectivity index is 2.21. The van der Waals surface area contributed by atoms with Crippen LogP contribution in [0.4, 0.5) is 0 Å². The lowest BCUT2D eigenvalue weighted by atomic mass is 9.87. The Hall–Kier alpha value is -0.860. The second-order valence-corrected chi connectivity index (χ2v) is 4.41. The molecule has 0 unspecified atom stereocenters. The van der Waals surface area contributed by atoms with Crippen LogP contribution in [0.15, 0.2) is 24.3 Å². The number of rotatable bonds is 2. The molecule has 0 amide bonds. The molecule has 1 aromatic rings. The monoisotopic (exact) mass is 191 g/mol. The van der Waals surface area contributed by atoms with Crippen molar-refractivity contribution in [3.8, 4) is 0 Å². The number of aliphatic hydroxyl groups is 1. The molecule has 0 radical (unpaired) electrons. The minimum atomic E-state index is -0.616. The van der Waals surface area contributed by atoms with Gasteiger partial charge in [-0.2, -0.15) is 0 Å². The van der Waals surface area contributed by atoms with Gasteiger partial charge in [0.25, 0.3) is 0 Å². The van der Waals surface area contributed by atoms with Crippen molar-refractivity contribution in [1.29, 1.82) is 0 Å². The molecule has 0 aliphatic carbocycles. The second kappa shape index (κ2) is 3.37. The fourth-order valence-electron chi connectivity index (χ4n) is 1.74. The average Bonchev–Trinajstić information content (AvgIpc) is 2.14. The highest BCUT2D eigenvalue weighted by atomic mass is 16.3. The van der Waals surface area contributed by atoms with Gasteiger partial charge in [0.05, 0.1) is 0 Å². The third kappa shape index (κ3) is 1.56. The molecule has 0 saturated carbocycles. The summed E-state index contributed by atoms with van der Waals surface area (Å²) in [4.78, 5) is 0. The first-order valence-electron chi connectivity index (χ1n) is 5.15. The van der Waals surface area contributed by atoms with Gasteiger partial charge in [-0.25, -0.2) is 0 Å². The average molecular weight is 191 g/mol. The van der Waals surface area contributed by atoms with Gasteiger partial charge in [-0.15, -0.1) is 0 Å². The van der Waals surface area contributed by atoms with Crippen LogP contribution in [0.25, 0.3) is 0 Å². The van der Waals surface area contributed by atoms with Gasteiger partial charge >= 0.3 is 0 Å². The fourth-order valence-corrected chi connectivity index (χ4v) is 1.74. The summed E-state index contributed by atoms with van der Waals surface area (Å²) in [6.07, 6.45) is 0. The Bertz CT molecular complexity index is 312. The van der Waals surface area contributed by atoms with Crippen molar-refractivity contribution < 1.29 is 5.11 Å². The van der Waals surface area contributed by atoms with E-state index in [2.05, 4.69) is 31.3 Å². The Labute approximate surface area is 85.0 Å². The zero-order valence-electron chi connectivity index (χ0n) is 8.75. The summed E-state index contributed by atoms with van der Waals surface area (Å²) in [6, 6.07) is 8.29. The van der Waals surface area contributed by atoms with Gasteiger partial charge in [0.2, 0.25) is 0 Å². The Kier molecular flexibility index (Phi) is 2.33. The molecule has 1 aliphatic heterocycles. The lowest BCUT2D eigenvalue weighted by molar-refractivity contribution is -0.0146. The first-order valence-corrected chi connectivity index (χ1v) is 5.15. The number of hydrogen-bond donors (Lipinski definition) is 2. The van der Waals surface area contributed by atoms with Crippen LogP contribution in [0.5, 0.6) is 0 Å². The van der Waals surface area contributed by atoms with E-state index in [1.165, 1.54) is 5.56 Å². The number of hydrogen-bond acceptors (Lipinski definition) is 2. The van der Waals surface area contributed by atoms with E-state index in [1.807, 2.05) is 12.1 Å². The van der Waals surface area contributed by atoms with Gasteiger partial charge in [0.15, 0.2) is 0 Å². The molecule has 14 heavy (non-hydrogen) atoms. The summed E-state index contributed by atoms with van der Waals surface area (Å²) < 4.78 is 0. The van der Waals surface area contributed by atoms with E-state index in [0.29, 0.717) is 19.0 Å². The van der Waals surface area contributed by atoms with Gasteiger partial charge in [-0.05, 0) is 17.0 Å². The second-order valence-electron chi connectivity index (χ2n) is 4.41. The Morgan fingerprint density at radius 2 is 1.79 bits per heavy atom. The summed E-state index contributed by atoms with van der Waals surface area (Å²) in [6.45, 7) is 5.70. The number of β-amino-alcohol motifs (C(OH)–C–C–N with tert-alkyl or cyclic N) is 1. The maximum Gasteiger partial charge on any atom is 0.114 e. The van der Waals surface area contributed by atoms with Crippen LogP contribution in [0, 0.1) is 0 Å². The van der Waals surface area contributed by atoms with Gasteiger partial charge < -0.3 is 10.4 Å². The molecule has 0 atom stereocenters. The van der Waals surface area contributed by atoms with Crippen LogP contribution in [0.2, 0.25) is 0 Å². The molecule has 2 N–H and O–H groups in total. The van der Waals surface area contributed by atoms with Crippen LogP contribution in [0.1, 0.15) is 30.9 Å². The van der Waals surface area contributed by atoms with E-state index < -0.39 is 5.60 Å². The zero-order chi connectivity index (χ0) is 10.2. The molecule has 1 heterocycles. The van der Waals surface area contributed by atoms with Crippen LogP contribution in [-0.2, 0) is 5.60 Å². The van der Waals surface area contributed by atoms with E-state index in [1.54, 1.807) is 0 Å². The van der Waals surface area contributed by atoms with Crippen molar-refractivity contribution in [1.82, 2.24) is 5.32 Å².